The SMILES string of the molecule is Cc1nccnc1NNC(=O)C(F)(F)F. The van der Waals surface area contributed by atoms with E-state index in [1.807, 2.05) is 5.43 Å². The minimum atomic E-state index is -4.93. The summed E-state index contributed by atoms with van der Waals surface area (Å²) in [6, 6.07) is 0. The predicted octanol–water partition coefficient (Wildman–Crippen LogP) is 0.790. The van der Waals surface area contributed by atoms with E-state index >= 15 is 0 Å². The summed E-state index contributed by atoms with van der Waals surface area (Å²) in [6.45, 7) is 1.54. The third kappa shape index (κ3) is 3.08. The number of hydrogen-bond donors (Lipinski definition) is 2. The Bertz CT molecular complexity index is 365. The molecule has 0 aliphatic carbocycles. The van der Waals surface area contributed by atoms with Crippen LogP contribution < -0.4 is 10.9 Å². The van der Waals surface area contributed by atoms with Crippen molar-refractivity contribution >= 4 is 11.7 Å². The fourth-order valence-electron chi connectivity index (χ4n) is 0.717. The van der Waals surface area contributed by atoms with Crippen molar-refractivity contribution in [1.82, 2.24) is 15.4 Å². The summed E-state index contributed by atoms with van der Waals surface area (Å²) in [4.78, 5) is 17.8. The number of alkyl halides is 3. The molecule has 5 nitrogen and oxygen atoms in total. The van der Waals surface area contributed by atoms with Crippen LogP contribution in [0.1, 0.15) is 5.69 Å². The lowest BCUT2D eigenvalue weighted by Gasteiger charge is -2.10. The number of halogens is 3. The van der Waals surface area contributed by atoms with Gasteiger partial charge >= 0.3 is 12.1 Å². The second kappa shape index (κ2) is 4.11. The highest BCUT2D eigenvalue weighted by atomic mass is 19.4. The topological polar surface area (TPSA) is 66.9 Å². The molecule has 0 spiro atoms. The molecule has 0 aliphatic heterocycles. The quantitative estimate of drug-likeness (QED) is 0.723. The van der Waals surface area contributed by atoms with Crippen LogP contribution in [0.15, 0.2) is 12.4 Å². The van der Waals surface area contributed by atoms with E-state index < -0.39 is 12.1 Å². The molecule has 0 fully saturated rings. The zero-order chi connectivity index (χ0) is 11.5. The Morgan fingerprint density at radius 3 is 2.47 bits per heavy atom. The van der Waals surface area contributed by atoms with Crippen molar-refractivity contribution in [3.05, 3.63) is 18.1 Å². The molecule has 0 unspecified atom stereocenters. The van der Waals surface area contributed by atoms with Crippen LogP contribution in [0.25, 0.3) is 0 Å². The largest absolute Gasteiger partial charge is 0.472 e. The number of carbonyl (C=O) groups excluding carboxylic acids is 1. The fraction of sp³-hybridized carbons (Fsp3) is 0.286. The number of rotatable bonds is 2. The number of nitrogens with one attached hydrogen (secondary N) is 2. The lowest BCUT2D eigenvalue weighted by Crippen LogP contribution is -2.40. The molecule has 1 aromatic rings. The molecule has 0 atom stereocenters. The molecule has 0 radical (unpaired) electrons. The minimum absolute atomic E-state index is 0.0649. The van der Waals surface area contributed by atoms with Crippen LogP contribution in [0.4, 0.5) is 19.0 Å². The van der Waals surface area contributed by atoms with Crippen LogP contribution in [-0.2, 0) is 4.79 Å². The Morgan fingerprint density at radius 2 is 1.93 bits per heavy atom. The zero-order valence-corrected chi connectivity index (χ0v) is 7.59. The monoisotopic (exact) mass is 220 g/mol. The molecule has 1 amide bonds. The van der Waals surface area contributed by atoms with Gasteiger partial charge in [0, 0.05) is 12.4 Å². The van der Waals surface area contributed by atoms with Crippen molar-refractivity contribution in [1.29, 1.82) is 0 Å². The van der Waals surface area contributed by atoms with E-state index in [-0.39, 0.29) is 5.82 Å². The first-order valence-corrected chi connectivity index (χ1v) is 3.82. The van der Waals surface area contributed by atoms with Gasteiger partial charge in [-0.05, 0) is 6.92 Å². The first-order chi connectivity index (χ1) is 6.91. The molecular formula is C7H7F3N4O. The molecule has 0 saturated carbocycles. The first-order valence-electron chi connectivity index (χ1n) is 3.82. The minimum Gasteiger partial charge on any atom is -0.280 e. The molecule has 1 rings (SSSR count). The normalized spacial score (nSPS) is 10.9. The molecular weight excluding hydrogens is 213 g/mol. The molecule has 0 aliphatic rings. The van der Waals surface area contributed by atoms with Crippen molar-refractivity contribution in [2.75, 3.05) is 5.43 Å². The van der Waals surface area contributed by atoms with Crippen molar-refractivity contribution in [2.24, 2.45) is 0 Å². The molecule has 82 valence electrons. The number of aromatic nitrogens is 2. The summed E-state index contributed by atoms with van der Waals surface area (Å²) in [6.07, 6.45) is -2.26. The van der Waals surface area contributed by atoms with Crippen LogP contribution in [0, 0.1) is 6.92 Å². The highest BCUT2D eigenvalue weighted by Crippen LogP contribution is 2.14. The van der Waals surface area contributed by atoms with Crippen LogP contribution in [0.3, 0.4) is 0 Å². The van der Waals surface area contributed by atoms with Crippen LogP contribution >= 0.6 is 0 Å². The summed E-state index contributed by atoms with van der Waals surface area (Å²) in [5, 5.41) is 0. The van der Waals surface area contributed by atoms with E-state index in [9.17, 15) is 18.0 Å². The maximum absolute atomic E-state index is 11.8. The van der Waals surface area contributed by atoms with E-state index in [4.69, 9.17) is 0 Å². The van der Waals surface area contributed by atoms with E-state index in [0.717, 1.165) is 0 Å². The van der Waals surface area contributed by atoms with E-state index in [1.54, 1.807) is 0 Å². The number of anilines is 1. The number of nitrogens with zero attached hydrogens (tertiary/aromatic N) is 2. The Balaban J connectivity index is 2.59. The molecule has 2 N–H and O–H groups in total. The molecule has 0 saturated heterocycles. The summed E-state index contributed by atoms with van der Waals surface area (Å²) < 4.78 is 35.3. The Hall–Kier alpha value is -1.86. The standard InChI is InChI=1S/C7H7F3N4O/c1-4-5(12-3-2-11-4)13-14-6(15)7(8,9)10/h2-3H,1H3,(H,12,13)(H,14,15). The Morgan fingerprint density at radius 1 is 1.33 bits per heavy atom. The van der Waals surface area contributed by atoms with Crippen LogP contribution in [0.5, 0.6) is 0 Å². The second-order valence-electron chi connectivity index (χ2n) is 2.57. The van der Waals surface area contributed by atoms with Crippen LogP contribution in [0.2, 0.25) is 0 Å². The van der Waals surface area contributed by atoms with E-state index in [0.29, 0.717) is 5.69 Å². The second-order valence-corrected chi connectivity index (χ2v) is 2.57. The average molecular weight is 220 g/mol. The molecule has 0 bridgehead atoms. The summed E-state index contributed by atoms with van der Waals surface area (Å²) in [7, 11) is 0. The Kier molecular flexibility index (Phi) is 3.08. The van der Waals surface area contributed by atoms with Gasteiger partial charge in [0.2, 0.25) is 0 Å². The number of hydrogen-bond acceptors (Lipinski definition) is 4. The molecule has 15 heavy (non-hydrogen) atoms. The maximum atomic E-state index is 11.8. The fourth-order valence-corrected chi connectivity index (χ4v) is 0.717. The summed E-state index contributed by atoms with van der Waals surface area (Å²) >= 11 is 0. The number of carbonyl (C=O) groups is 1. The average Bonchev–Trinajstić information content (AvgIpc) is 2.14. The third-order valence-electron chi connectivity index (χ3n) is 1.43. The van der Waals surface area contributed by atoms with Gasteiger partial charge in [0.05, 0.1) is 5.69 Å². The third-order valence-corrected chi connectivity index (χ3v) is 1.43. The van der Waals surface area contributed by atoms with Crippen molar-refractivity contribution in [2.45, 2.75) is 13.1 Å². The van der Waals surface area contributed by atoms with Crippen molar-refractivity contribution < 1.29 is 18.0 Å². The van der Waals surface area contributed by atoms with Gasteiger partial charge in [-0.15, -0.1) is 0 Å². The van der Waals surface area contributed by atoms with Gasteiger partial charge in [0.25, 0.3) is 0 Å². The highest BCUT2D eigenvalue weighted by molar-refractivity contribution is 5.82. The van der Waals surface area contributed by atoms with Crippen molar-refractivity contribution in [3.63, 3.8) is 0 Å². The molecule has 8 heteroatoms. The van der Waals surface area contributed by atoms with Crippen LogP contribution in [-0.4, -0.2) is 22.1 Å². The lowest BCUT2D eigenvalue weighted by atomic mass is 10.4. The van der Waals surface area contributed by atoms with Gasteiger partial charge in [0.15, 0.2) is 5.82 Å². The summed E-state index contributed by atoms with van der Waals surface area (Å²) in [5.41, 5.74) is 3.86. The number of aryl methyl sites for hydroxylation is 1. The maximum Gasteiger partial charge on any atom is 0.472 e. The predicted molar refractivity (Wildman–Crippen MR) is 44.6 cm³/mol. The van der Waals surface area contributed by atoms with Gasteiger partial charge in [-0.1, -0.05) is 0 Å². The van der Waals surface area contributed by atoms with Gasteiger partial charge in [-0.2, -0.15) is 13.2 Å². The number of amides is 1. The molecule has 1 aromatic heterocycles. The van der Waals surface area contributed by atoms with Crippen molar-refractivity contribution in [3.8, 4) is 0 Å². The molecule has 1 heterocycles. The van der Waals surface area contributed by atoms with E-state index in [2.05, 4.69) is 9.97 Å². The van der Waals surface area contributed by atoms with Gasteiger partial charge in [0.1, 0.15) is 0 Å². The van der Waals surface area contributed by atoms with E-state index in [1.165, 1.54) is 24.7 Å². The highest BCUT2D eigenvalue weighted by Gasteiger charge is 2.38. The summed E-state index contributed by atoms with van der Waals surface area (Å²) in [5.74, 6) is -2.03. The van der Waals surface area contributed by atoms with Gasteiger partial charge in [-0.25, -0.2) is 4.98 Å². The zero-order valence-electron chi connectivity index (χ0n) is 7.59. The Labute approximate surface area is 82.7 Å². The molecule has 0 aromatic carbocycles. The van der Waals surface area contributed by atoms with Gasteiger partial charge < -0.3 is 0 Å². The smallest absolute Gasteiger partial charge is 0.280 e. The number of hydrazine groups is 1. The lowest BCUT2D eigenvalue weighted by molar-refractivity contribution is -0.173. The first kappa shape index (κ1) is 11.2. The van der Waals surface area contributed by atoms with Gasteiger partial charge in [-0.3, -0.25) is 20.6 Å².